The van der Waals surface area contributed by atoms with Crippen LogP contribution in [0.5, 0.6) is 0 Å². The summed E-state index contributed by atoms with van der Waals surface area (Å²) in [4.78, 5) is -0.262. The molecule has 4 nitrogen and oxygen atoms in total. The number of aromatic nitrogens is 1. The lowest BCUT2D eigenvalue weighted by atomic mass is 10.3. The lowest BCUT2D eigenvalue weighted by Crippen LogP contribution is -2.33. The van der Waals surface area contributed by atoms with E-state index >= 15 is 0 Å². The number of aryl methyl sites for hydroxylation is 2. The Bertz CT molecular complexity index is 903. The van der Waals surface area contributed by atoms with Crippen molar-refractivity contribution in [1.29, 1.82) is 0 Å². The highest BCUT2D eigenvalue weighted by Crippen LogP contribution is 2.18. The van der Waals surface area contributed by atoms with Gasteiger partial charge in [-0.15, -0.1) is 0 Å². The van der Waals surface area contributed by atoms with Gasteiger partial charge in [-0.05, 0) is 37.3 Å². The second-order valence-corrected chi connectivity index (χ2v) is 7.79. The third-order valence-electron chi connectivity index (χ3n) is 3.21. The van der Waals surface area contributed by atoms with Crippen molar-refractivity contribution in [3.8, 4) is 0 Å². The summed E-state index contributed by atoms with van der Waals surface area (Å²) >= 11 is 7.33. The van der Waals surface area contributed by atoms with Crippen LogP contribution in [0.4, 0.5) is 0 Å². The highest BCUT2D eigenvalue weighted by Gasteiger charge is 2.13. The molecule has 0 spiro atoms. The fourth-order valence-electron chi connectivity index (χ4n) is 2.14. The van der Waals surface area contributed by atoms with E-state index in [0.717, 1.165) is 6.54 Å². The molecule has 122 valence electrons. The molecule has 3 aromatic rings. The third-order valence-corrected chi connectivity index (χ3v) is 5.39. The number of nitrogens with zero attached hydrogens (tertiary/aromatic N) is 1. The van der Waals surface area contributed by atoms with E-state index in [-0.39, 0.29) is 4.90 Å². The molecular formula is C16H16ClNO3S2. The van der Waals surface area contributed by atoms with E-state index < -0.39 is 10.1 Å². The molecule has 7 heteroatoms. The van der Waals surface area contributed by atoms with Crippen molar-refractivity contribution < 1.29 is 17.5 Å². The predicted octanol–water partition coefficient (Wildman–Crippen LogP) is 3.76. The van der Waals surface area contributed by atoms with Crippen LogP contribution in [0.1, 0.15) is 11.9 Å². The van der Waals surface area contributed by atoms with Gasteiger partial charge in [-0.25, -0.2) is 8.42 Å². The van der Waals surface area contributed by atoms with Crippen LogP contribution in [0.15, 0.2) is 53.4 Å². The fourth-order valence-corrected chi connectivity index (χ4v) is 3.83. The van der Waals surface area contributed by atoms with Gasteiger partial charge in [-0.2, -0.15) is 4.57 Å². The van der Waals surface area contributed by atoms with Crippen molar-refractivity contribution in [3.05, 3.63) is 58.6 Å². The van der Waals surface area contributed by atoms with Crippen LogP contribution in [0, 0.1) is 6.92 Å². The van der Waals surface area contributed by atoms with Crippen LogP contribution in [-0.2, 0) is 16.7 Å². The Hall–Kier alpha value is -1.47. The molecule has 0 unspecified atom stereocenters. The Balaban J connectivity index is 0.000000168. The van der Waals surface area contributed by atoms with Crippen molar-refractivity contribution in [2.24, 2.45) is 0 Å². The van der Waals surface area contributed by atoms with Gasteiger partial charge in [-0.3, -0.25) is 0 Å². The normalized spacial score (nSPS) is 11.1. The van der Waals surface area contributed by atoms with E-state index in [1.165, 1.54) is 39.5 Å². The zero-order valence-corrected chi connectivity index (χ0v) is 15.1. The first-order valence-corrected chi connectivity index (χ1v) is 9.52. The van der Waals surface area contributed by atoms with Gasteiger partial charge in [0.05, 0.1) is 4.90 Å². The fraction of sp³-hybridized carbons (Fsp3) is 0.188. The largest absolute Gasteiger partial charge is 0.744 e. The predicted molar refractivity (Wildman–Crippen MR) is 91.8 cm³/mol. The van der Waals surface area contributed by atoms with Gasteiger partial charge in [0.25, 0.3) is 0 Å². The van der Waals surface area contributed by atoms with E-state index in [1.54, 1.807) is 0 Å². The average molecular weight is 370 g/mol. The van der Waals surface area contributed by atoms with Crippen molar-refractivity contribution >= 4 is 43.3 Å². The van der Waals surface area contributed by atoms with E-state index in [2.05, 4.69) is 42.7 Å². The standard InChI is InChI=1S/C10H12NS.C6H5ClO3S/c1-3-11-8(2)12-10-7-5-4-6-9(10)11;7-5-1-3-6(4-2-5)11(8,9)10/h4-7H,3H2,1-2H3;1-4H,(H,8,9,10)/q+1;/p-1. The molecule has 0 saturated heterocycles. The lowest BCUT2D eigenvalue weighted by molar-refractivity contribution is -0.669. The molecule has 0 bridgehead atoms. The summed E-state index contributed by atoms with van der Waals surface area (Å²) in [5, 5.41) is 1.79. The molecule has 1 aromatic heterocycles. The molecule has 0 aliphatic heterocycles. The molecule has 0 radical (unpaired) electrons. The summed E-state index contributed by atoms with van der Waals surface area (Å²) in [5.74, 6) is 0. The molecule has 0 aliphatic carbocycles. The Labute approximate surface area is 144 Å². The maximum absolute atomic E-state index is 10.3. The lowest BCUT2D eigenvalue weighted by Gasteiger charge is -2.05. The van der Waals surface area contributed by atoms with Crippen LogP contribution in [0.3, 0.4) is 0 Å². The Morgan fingerprint density at radius 3 is 2.30 bits per heavy atom. The van der Waals surface area contributed by atoms with Crippen LogP contribution in [0.2, 0.25) is 5.02 Å². The molecule has 1 heterocycles. The summed E-state index contributed by atoms with van der Waals surface area (Å²) in [6.45, 7) is 5.43. The Morgan fingerprint density at radius 1 is 1.13 bits per heavy atom. The highest BCUT2D eigenvalue weighted by molar-refractivity contribution is 7.85. The van der Waals surface area contributed by atoms with Gasteiger partial charge in [-0.1, -0.05) is 35.1 Å². The summed E-state index contributed by atoms with van der Waals surface area (Å²) in [6, 6.07) is 13.6. The Kier molecular flexibility index (Phi) is 5.75. The third kappa shape index (κ3) is 4.51. The van der Waals surface area contributed by atoms with Crippen molar-refractivity contribution in [2.45, 2.75) is 25.3 Å². The zero-order chi connectivity index (χ0) is 17.0. The quantitative estimate of drug-likeness (QED) is 0.510. The smallest absolute Gasteiger partial charge is 0.235 e. The molecule has 0 N–H and O–H groups in total. The van der Waals surface area contributed by atoms with Gasteiger partial charge in [0.1, 0.15) is 21.4 Å². The maximum Gasteiger partial charge on any atom is 0.235 e. The molecule has 0 saturated carbocycles. The minimum absolute atomic E-state index is 0.262. The van der Waals surface area contributed by atoms with E-state index in [9.17, 15) is 13.0 Å². The van der Waals surface area contributed by atoms with Crippen molar-refractivity contribution in [3.63, 3.8) is 0 Å². The van der Waals surface area contributed by atoms with E-state index in [4.69, 9.17) is 11.6 Å². The zero-order valence-electron chi connectivity index (χ0n) is 12.7. The number of hydrogen-bond acceptors (Lipinski definition) is 4. The summed E-state index contributed by atoms with van der Waals surface area (Å²) in [7, 11) is -4.33. The van der Waals surface area contributed by atoms with E-state index in [0.29, 0.717) is 5.02 Å². The Morgan fingerprint density at radius 2 is 1.74 bits per heavy atom. The summed E-state index contributed by atoms with van der Waals surface area (Å²) in [5.41, 5.74) is 1.36. The van der Waals surface area contributed by atoms with Gasteiger partial charge in [0.15, 0.2) is 0 Å². The molecule has 23 heavy (non-hydrogen) atoms. The summed E-state index contributed by atoms with van der Waals surface area (Å²) in [6.07, 6.45) is 0. The number of fused-ring (bicyclic) bond motifs is 1. The van der Waals surface area contributed by atoms with Gasteiger partial charge in [0, 0.05) is 18.0 Å². The SMILES string of the molecule is CC[n+]1c(C)sc2ccccc21.O=S(=O)([O-])c1ccc(Cl)cc1. The molecular weight excluding hydrogens is 354 g/mol. The topological polar surface area (TPSA) is 61.1 Å². The van der Waals surface area contributed by atoms with Crippen LogP contribution in [0.25, 0.3) is 10.2 Å². The van der Waals surface area contributed by atoms with Crippen molar-refractivity contribution in [2.75, 3.05) is 0 Å². The number of rotatable bonds is 2. The second kappa shape index (κ2) is 7.40. The monoisotopic (exact) mass is 369 g/mol. The first-order valence-electron chi connectivity index (χ1n) is 6.92. The summed E-state index contributed by atoms with van der Waals surface area (Å²) < 4.78 is 34.8. The molecule has 0 atom stereocenters. The number of thiazole rings is 1. The second-order valence-electron chi connectivity index (χ2n) is 4.74. The number of hydrogen-bond donors (Lipinski definition) is 0. The number of para-hydroxylation sites is 1. The minimum Gasteiger partial charge on any atom is -0.744 e. The molecule has 0 amide bonds. The van der Waals surface area contributed by atoms with Crippen molar-refractivity contribution in [1.82, 2.24) is 0 Å². The molecule has 3 rings (SSSR count). The molecule has 0 aliphatic rings. The average Bonchev–Trinajstić information content (AvgIpc) is 2.82. The van der Waals surface area contributed by atoms with Crippen LogP contribution >= 0.6 is 22.9 Å². The first kappa shape index (κ1) is 17.9. The van der Waals surface area contributed by atoms with Gasteiger partial charge >= 0.3 is 0 Å². The number of benzene rings is 2. The maximum atomic E-state index is 10.3. The van der Waals surface area contributed by atoms with Gasteiger partial charge < -0.3 is 4.55 Å². The molecule has 2 aromatic carbocycles. The van der Waals surface area contributed by atoms with Gasteiger partial charge in [0.2, 0.25) is 10.5 Å². The number of halogens is 1. The first-order chi connectivity index (χ1) is 10.8. The molecule has 0 fully saturated rings. The van der Waals surface area contributed by atoms with Crippen LogP contribution < -0.4 is 4.57 Å². The van der Waals surface area contributed by atoms with Crippen LogP contribution in [-0.4, -0.2) is 13.0 Å². The van der Waals surface area contributed by atoms with E-state index in [1.807, 2.05) is 11.3 Å². The highest BCUT2D eigenvalue weighted by atomic mass is 35.5. The minimum atomic E-state index is -4.33.